The first kappa shape index (κ1) is 19.8. The molecule has 0 saturated heterocycles. The topological polar surface area (TPSA) is 50.8 Å². The van der Waals surface area contributed by atoms with Gasteiger partial charge in [-0.2, -0.15) is 0 Å². The van der Waals surface area contributed by atoms with Gasteiger partial charge in [0.1, 0.15) is 11.5 Å². The summed E-state index contributed by atoms with van der Waals surface area (Å²) in [6.07, 6.45) is 0. The van der Waals surface area contributed by atoms with Gasteiger partial charge in [-0.05, 0) is 37.2 Å². The van der Waals surface area contributed by atoms with E-state index in [9.17, 15) is 4.79 Å². The quantitative estimate of drug-likeness (QED) is 0.748. The van der Waals surface area contributed by atoms with E-state index in [1.54, 1.807) is 14.2 Å². The number of likely N-dealkylation sites (N-methyl/N-ethyl adjacent to an activating group) is 1. The minimum Gasteiger partial charge on any atom is -0.497 e. The van der Waals surface area contributed by atoms with Crippen LogP contribution in [0.3, 0.4) is 0 Å². The molecule has 0 spiro atoms. The zero-order chi connectivity index (χ0) is 18.9. The van der Waals surface area contributed by atoms with E-state index in [0.29, 0.717) is 13.1 Å². The van der Waals surface area contributed by atoms with Gasteiger partial charge in [-0.15, -0.1) is 0 Å². The van der Waals surface area contributed by atoms with Gasteiger partial charge in [0.15, 0.2) is 0 Å². The zero-order valence-corrected chi connectivity index (χ0v) is 16.0. The van der Waals surface area contributed by atoms with Gasteiger partial charge in [0.05, 0.1) is 20.8 Å². The van der Waals surface area contributed by atoms with Gasteiger partial charge in [-0.3, -0.25) is 9.69 Å². The van der Waals surface area contributed by atoms with Crippen molar-refractivity contribution in [2.24, 2.45) is 0 Å². The molecule has 1 N–H and O–H groups in total. The Morgan fingerprint density at radius 2 is 1.88 bits per heavy atom. The van der Waals surface area contributed by atoms with Crippen LogP contribution in [0.5, 0.6) is 11.5 Å². The highest BCUT2D eigenvalue weighted by atomic mass is 16.5. The largest absolute Gasteiger partial charge is 0.497 e. The van der Waals surface area contributed by atoms with Crippen LogP contribution in [-0.4, -0.2) is 38.1 Å². The molecule has 0 bridgehead atoms. The number of carbonyl (C=O) groups excluding carboxylic acids is 1. The molecule has 0 saturated carbocycles. The Hall–Kier alpha value is -2.53. The SMILES string of the molecule is CCN(CC(=O)NCc1ccccc1OC)C(C)c1cccc(OC)c1. The van der Waals surface area contributed by atoms with Crippen LogP contribution >= 0.6 is 0 Å². The van der Waals surface area contributed by atoms with Gasteiger partial charge in [0.2, 0.25) is 5.91 Å². The summed E-state index contributed by atoms with van der Waals surface area (Å²) in [7, 11) is 3.29. The monoisotopic (exact) mass is 356 g/mol. The van der Waals surface area contributed by atoms with E-state index in [2.05, 4.69) is 30.1 Å². The summed E-state index contributed by atoms with van der Waals surface area (Å²) >= 11 is 0. The summed E-state index contributed by atoms with van der Waals surface area (Å²) < 4.78 is 10.6. The highest BCUT2D eigenvalue weighted by Crippen LogP contribution is 2.23. The summed E-state index contributed by atoms with van der Waals surface area (Å²) in [6, 6.07) is 15.8. The van der Waals surface area contributed by atoms with E-state index in [0.717, 1.165) is 29.2 Å². The van der Waals surface area contributed by atoms with Gasteiger partial charge in [0.25, 0.3) is 0 Å². The van der Waals surface area contributed by atoms with Crippen molar-refractivity contribution in [3.63, 3.8) is 0 Å². The third-order valence-electron chi connectivity index (χ3n) is 4.55. The first-order valence-electron chi connectivity index (χ1n) is 8.85. The zero-order valence-electron chi connectivity index (χ0n) is 16.0. The van der Waals surface area contributed by atoms with Crippen molar-refractivity contribution in [3.8, 4) is 11.5 Å². The molecule has 0 heterocycles. The molecule has 2 aromatic rings. The Morgan fingerprint density at radius 3 is 2.58 bits per heavy atom. The summed E-state index contributed by atoms with van der Waals surface area (Å²) in [5, 5.41) is 2.98. The van der Waals surface area contributed by atoms with Crippen molar-refractivity contribution in [2.75, 3.05) is 27.3 Å². The van der Waals surface area contributed by atoms with E-state index < -0.39 is 0 Å². The molecule has 140 valence electrons. The molecule has 0 radical (unpaired) electrons. The minimum absolute atomic E-state index is 0.00694. The third-order valence-corrected chi connectivity index (χ3v) is 4.55. The van der Waals surface area contributed by atoms with Gasteiger partial charge >= 0.3 is 0 Å². The molecule has 0 fully saturated rings. The lowest BCUT2D eigenvalue weighted by atomic mass is 10.1. The van der Waals surface area contributed by atoms with Gasteiger partial charge in [0, 0.05) is 18.2 Å². The fourth-order valence-corrected chi connectivity index (χ4v) is 2.92. The molecule has 0 aliphatic carbocycles. The highest BCUT2D eigenvalue weighted by Gasteiger charge is 2.18. The molecular formula is C21H28N2O3. The first-order chi connectivity index (χ1) is 12.6. The maximum atomic E-state index is 12.4. The number of carbonyl (C=O) groups is 1. The lowest BCUT2D eigenvalue weighted by molar-refractivity contribution is -0.122. The molecular weight excluding hydrogens is 328 g/mol. The molecule has 0 aliphatic rings. The number of nitrogens with one attached hydrogen (secondary N) is 1. The van der Waals surface area contributed by atoms with E-state index in [1.807, 2.05) is 42.5 Å². The van der Waals surface area contributed by atoms with E-state index in [1.165, 1.54) is 0 Å². The number of nitrogens with zero attached hydrogens (tertiary/aromatic N) is 1. The summed E-state index contributed by atoms with van der Waals surface area (Å²) in [6.45, 7) is 5.73. The molecule has 26 heavy (non-hydrogen) atoms. The first-order valence-corrected chi connectivity index (χ1v) is 8.85. The Morgan fingerprint density at radius 1 is 1.12 bits per heavy atom. The average molecular weight is 356 g/mol. The second-order valence-electron chi connectivity index (χ2n) is 6.10. The van der Waals surface area contributed by atoms with Gasteiger partial charge in [-0.1, -0.05) is 37.3 Å². The summed E-state index contributed by atoms with van der Waals surface area (Å²) in [5.41, 5.74) is 2.09. The van der Waals surface area contributed by atoms with Crippen molar-refractivity contribution in [3.05, 3.63) is 59.7 Å². The molecule has 1 amide bonds. The lowest BCUT2D eigenvalue weighted by Gasteiger charge is -2.27. The lowest BCUT2D eigenvalue weighted by Crippen LogP contribution is -2.38. The number of amides is 1. The number of hydrogen-bond donors (Lipinski definition) is 1. The van der Waals surface area contributed by atoms with E-state index >= 15 is 0 Å². The summed E-state index contributed by atoms with van der Waals surface area (Å²) in [5.74, 6) is 1.60. The van der Waals surface area contributed by atoms with Crippen LogP contribution in [0.15, 0.2) is 48.5 Å². The van der Waals surface area contributed by atoms with Crippen LogP contribution in [-0.2, 0) is 11.3 Å². The number of hydrogen-bond acceptors (Lipinski definition) is 4. The van der Waals surface area contributed by atoms with Crippen LogP contribution in [0.1, 0.15) is 31.0 Å². The third kappa shape index (κ3) is 5.23. The van der Waals surface area contributed by atoms with Crippen LogP contribution in [0.25, 0.3) is 0 Å². The molecule has 1 atom stereocenters. The highest BCUT2D eigenvalue weighted by molar-refractivity contribution is 5.78. The normalized spacial score (nSPS) is 11.9. The number of para-hydroxylation sites is 1. The molecule has 1 unspecified atom stereocenters. The fraction of sp³-hybridized carbons (Fsp3) is 0.381. The van der Waals surface area contributed by atoms with Crippen molar-refractivity contribution in [1.82, 2.24) is 10.2 Å². The Labute approximate surface area is 155 Å². The number of ether oxygens (including phenoxy) is 2. The van der Waals surface area contributed by atoms with Gasteiger partial charge in [-0.25, -0.2) is 0 Å². The smallest absolute Gasteiger partial charge is 0.234 e. The number of benzene rings is 2. The molecule has 0 aromatic heterocycles. The molecule has 5 heteroatoms. The molecule has 2 rings (SSSR count). The van der Waals surface area contributed by atoms with E-state index in [-0.39, 0.29) is 11.9 Å². The van der Waals surface area contributed by atoms with Crippen molar-refractivity contribution < 1.29 is 14.3 Å². The van der Waals surface area contributed by atoms with Crippen LogP contribution < -0.4 is 14.8 Å². The fourth-order valence-electron chi connectivity index (χ4n) is 2.92. The maximum absolute atomic E-state index is 12.4. The van der Waals surface area contributed by atoms with Crippen LogP contribution in [0.2, 0.25) is 0 Å². The standard InChI is InChI=1S/C21H28N2O3/c1-5-23(16(2)17-10-8-11-19(13-17)25-3)15-21(24)22-14-18-9-6-7-12-20(18)26-4/h6-13,16H,5,14-15H2,1-4H3,(H,22,24). The van der Waals surface area contributed by atoms with Crippen LogP contribution in [0, 0.1) is 0 Å². The number of methoxy groups -OCH3 is 2. The second-order valence-corrected chi connectivity index (χ2v) is 6.10. The Bertz CT molecular complexity index is 718. The molecule has 5 nitrogen and oxygen atoms in total. The Balaban J connectivity index is 1.96. The van der Waals surface area contributed by atoms with E-state index in [4.69, 9.17) is 9.47 Å². The van der Waals surface area contributed by atoms with Crippen molar-refractivity contribution in [2.45, 2.75) is 26.4 Å². The summed E-state index contributed by atoms with van der Waals surface area (Å²) in [4.78, 5) is 14.6. The number of rotatable bonds is 9. The molecule has 0 aliphatic heterocycles. The Kier molecular flexibility index (Phi) is 7.48. The van der Waals surface area contributed by atoms with Gasteiger partial charge < -0.3 is 14.8 Å². The predicted octanol–water partition coefficient (Wildman–Crippen LogP) is 3.40. The predicted molar refractivity (Wildman–Crippen MR) is 103 cm³/mol. The minimum atomic E-state index is -0.00694. The van der Waals surface area contributed by atoms with Crippen molar-refractivity contribution in [1.29, 1.82) is 0 Å². The van der Waals surface area contributed by atoms with Crippen LogP contribution in [0.4, 0.5) is 0 Å². The maximum Gasteiger partial charge on any atom is 0.234 e. The van der Waals surface area contributed by atoms with Crippen molar-refractivity contribution >= 4 is 5.91 Å². The average Bonchev–Trinajstić information content (AvgIpc) is 2.70. The second kappa shape index (κ2) is 9.82. The molecule has 2 aromatic carbocycles.